The largest absolute Gasteiger partial charge is 0.342 e. The minimum absolute atomic E-state index is 0.0377. The molecule has 1 aromatic rings. The Bertz CT molecular complexity index is 671. The van der Waals surface area contributed by atoms with Crippen molar-refractivity contribution >= 4 is 17.5 Å². The lowest BCUT2D eigenvalue weighted by Gasteiger charge is -2.25. The van der Waals surface area contributed by atoms with E-state index in [1.54, 1.807) is 17.0 Å². The Morgan fingerprint density at radius 2 is 2.00 bits per heavy atom. The maximum Gasteiger partial charge on any atom is 0.227 e. The number of nitrogens with zero attached hydrogens (tertiary/aromatic N) is 2. The van der Waals surface area contributed by atoms with Gasteiger partial charge in [-0.2, -0.15) is 0 Å². The Morgan fingerprint density at radius 3 is 2.75 bits per heavy atom. The number of benzene rings is 1. The summed E-state index contributed by atoms with van der Waals surface area (Å²) in [5, 5.41) is 0. The van der Waals surface area contributed by atoms with Crippen molar-refractivity contribution < 1.29 is 14.0 Å². The summed E-state index contributed by atoms with van der Waals surface area (Å²) in [6.07, 6.45) is 5.65. The zero-order chi connectivity index (χ0) is 16.7. The Morgan fingerprint density at radius 1 is 1.21 bits per heavy atom. The summed E-state index contributed by atoms with van der Waals surface area (Å²) in [4.78, 5) is 28.8. The molecule has 0 bridgehead atoms. The molecule has 1 spiro atoms. The molecule has 1 atom stereocenters. The Labute approximate surface area is 141 Å². The van der Waals surface area contributed by atoms with E-state index in [1.807, 2.05) is 4.90 Å². The number of likely N-dealkylation sites (tertiary alicyclic amines) is 1. The van der Waals surface area contributed by atoms with Gasteiger partial charge in [0.15, 0.2) is 0 Å². The Kier molecular flexibility index (Phi) is 3.82. The highest BCUT2D eigenvalue weighted by Crippen LogP contribution is 2.42. The van der Waals surface area contributed by atoms with E-state index in [4.69, 9.17) is 0 Å². The van der Waals surface area contributed by atoms with Crippen molar-refractivity contribution in [1.82, 2.24) is 4.90 Å². The predicted octanol–water partition coefficient (Wildman–Crippen LogP) is 2.97. The molecular formula is C19H23FN2O2. The summed E-state index contributed by atoms with van der Waals surface area (Å²) in [5.74, 6) is 0.180. The summed E-state index contributed by atoms with van der Waals surface area (Å²) >= 11 is 0. The molecule has 5 heteroatoms. The lowest BCUT2D eigenvalue weighted by atomic mass is 9.86. The van der Waals surface area contributed by atoms with E-state index >= 15 is 0 Å². The number of amides is 2. The van der Waals surface area contributed by atoms with Gasteiger partial charge in [0.25, 0.3) is 0 Å². The van der Waals surface area contributed by atoms with E-state index < -0.39 is 0 Å². The van der Waals surface area contributed by atoms with Gasteiger partial charge in [0.05, 0.1) is 0 Å². The van der Waals surface area contributed by atoms with Crippen LogP contribution in [0.1, 0.15) is 38.5 Å². The third-order valence-corrected chi connectivity index (χ3v) is 5.90. The molecule has 0 N–H and O–H groups in total. The van der Waals surface area contributed by atoms with Crippen molar-refractivity contribution in [3.05, 3.63) is 30.1 Å². The highest BCUT2D eigenvalue weighted by atomic mass is 19.1. The molecule has 3 aliphatic rings. The first kappa shape index (κ1) is 15.6. The van der Waals surface area contributed by atoms with Gasteiger partial charge in [-0.1, -0.05) is 18.9 Å². The van der Waals surface area contributed by atoms with Gasteiger partial charge in [-0.25, -0.2) is 4.39 Å². The first-order valence-electron chi connectivity index (χ1n) is 8.91. The standard InChI is InChI=1S/C19H23FN2O2/c20-15-6-3-7-16(10-15)22-13-19(11-17(22)23)8-9-21(12-19)18(24)14-4-1-2-5-14/h3,6-7,10,14H,1-2,4-5,8-9,11-13H2. The van der Waals surface area contributed by atoms with Crippen molar-refractivity contribution in [2.24, 2.45) is 11.3 Å². The molecule has 2 amide bonds. The fraction of sp³-hybridized carbons (Fsp3) is 0.579. The molecule has 128 valence electrons. The van der Waals surface area contributed by atoms with E-state index in [2.05, 4.69) is 0 Å². The number of rotatable bonds is 2. The zero-order valence-electron chi connectivity index (χ0n) is 13.8. The number of hydrogen-bond donors (Lipinski definition) is 0. The minimum atomic E-state index is -0.328. The van der Waals surface area contributed by atoms with Crippen molar-refractivity contribution in [1.29, 1.82) is 0 Å². The zero-order valence-corrected chi connectivity index (χ0v) is 13.8. The van der Waals surface area contributed by atoms with Crippen LogP contribution >= 0.6 is 0 Å². The summed E-state index contributed by atoms with van der Waals surface area (Å²) in [5.41, 5.74) is 0.468. The smallest absolute Gasteiger partial charge is 0.227 e. The molecule has 24 heavy (non-hydrogen) atoms. The second kappa shape index (κ2) is 5.87. The van der Waals surface area contributed by atoms with Crippen LogP contribution in [0.3, 0.4) is 0 Å². The number of carbonyl (C=O) groups is 2. The average Bonchev–Trinajstić information content (AvgIpc) is 3.28. The second-order valence-corrected chi connectivity index (χ2v) is 7.63. The highest BCUT2D eigenvalue weighted by molar-refractivity contribution is 5.96. The summed E-state index contributed by atoms with van der Waals surface area (Å²) in [6, 6.07) is 6.20. The summed E-state index contributed by atoms with van der Waals surface area (Å²) < 4.78 is 13.5. The first-order valence-corrected chi connectivity index (χ1v) is 8.91. The van der Waals surface area contributed by atoms with Crippen LogP contribution in [0, 0.1) is 17.2 Å². The second-order valence-electron chi connectivity index (χ2n) is 7.63. The fourth-order valence-corrected chi connectivity index (χ4v) is 4.60. The summed E-state index contributed by atoms with van der Waals surface area (Å²) in [6.45, 7) is 2.00. The van der Waals surface area contributed by atoms with E-state index in [0.29, 0.717) is 25.2 Å². The van der Waals surface area contributed by atoms with Crippen LogP contribution in [-0.2, 0) is 9.59 Å². The van der Waals surface area contributed by atoms with Crippen LogP contribution in [0.15, 0.2) is 24.3 Å². The van der Waals surface area contributed by atoms with Crippen molar-refractivity contribution in [2.45, 2.75) is 38.5 Å². The van der Waals surface area contributed by atoms with Crippen LogP contribution < -0.4 is 4.90 Å². The van der Waals surface area contributed by atoms with E-state index in [-0.39, 0.29) is 29.0 Å². The number of halogens is 1. The summed E-state index contributed by atoms with van der Waals surface area (Å²) in [7, 11) is 0. The van der Waals surface area contributed by atoms with E-state index in [1.165, 1.54) is 12.1 Å². The van der Waals surface area contributed by atoms with Crippen LogP contribution in [0.4, 0.5) is 10.1 Å². The quantitative estimate of drug-likeness (QED) is 0.836. The molecule has 1 unspecified atom stereocenters. The lowest BCUT2D eigenvalue weighted by molar-refractivity contribution is -0.134. The Hall–Kier alpha value is -1.91. The van der Waals surface area contributed by atoms with Gasteiger partial charge >= 0.3 is 0 Å². The average molecular weight is 330 g/mol. The number of anilines is 1. The molecule has 1 aliphatic carbocycles. The third-order valence-electron chi connectivity index (χ3n) is 5.90. The van der Waals surface area contributed by atoms with E-state index in [9.17, 15) is 14.0 Å². The molecule has 1 saturated carbocycles. The molecule has 4 nitrogen and oxygen atoms in total. The molecule has 0 aromatic heterocycles. The third kappa shape index (κ3) is 2.70. The molecule has 2 aliphatic heterocycles. The molecule has 0 radical (unpaired) electrons. The van der Waals surface area contributed by atoms with Gasteiger partial charge in [0.1, 0.15) is 5.82 Å². The van der Waals surface area contributed by atoms with Gasteiger partial charge in [-0.15, -0.1) is 0 Å². The normalized spacial score (nSPS) is 27.6. The van der Waals surface area contributed by atoms with Gasteiger partial charge in [-0.3, -0.25) is 9.59 Å². The molecule has 4 rings (SSSR count). The van der Waals surface area contributed by atoms with Crippen molar-refractivity contribution in [3.63, 3.8) is 0 Å². The Balaban J connectivity index is 1.47. The van der Waals surface area contributed by atoms with Crippen LogP contribution in [0.2, 0.25) is 0 Å². The van der Waals surface area contributed by atoms with Gasteiger partial charge < -0.3 is 9.80 Å². The molecule has 3 fully saturated rings. The molecule has 2 heterocycles. The van der Waals surface area contributed by atoms with Crippen molar-refractivity contribution in [3.8, 4) is 0 Å². The minimum Gasteiger partial charge on any atom is -0.342 e. The maximum absolute atomic E-state index is 13.5. The van der Waals surface area contributed by atoms with Crippen LogP contribution in [0.25, 0.3) is 0 Å². The number of carbonyl (C=O) groups excluding carboxylic acids is 2. The molecule has 2 saturated heterocycles. The SMILES string of the molecule is O=C(C1CCCC1)N1CCC2(CC(=O)N(c3cccc(F)c3)C2)C1. The molecule has 1 aromatic carbocycles. The maximum atomic E-state index is 13.5. The van der Waals surface area contributed by atoms with Gasteiger partial charge in [-0.05, 0) is 37.5 Å². The predicted molar refractivity (Wildman–Crippen MR) is 89.0 cm³/mol. The lowest BCUT2D eigenvalue weighted by Crippen LogP contribution is -2.36. The molecular weight excluding hydrogens is 307 g/mol. The fourth-order valence-electron chi connectivity index (χ4n) is 4.60. The van der Waals surface area contributed by atoms with Crippen LogP contribution in [-0.4, -0.2) is 36.3 Å². The first-order chi connectivity index (χ1) is 11.6. The highest BCUT2D eigenvalue weighted by Gasteiger charge is 2.49. The number of hydrogen-bond acceptors (Lipinski definition) is 2. The van der Waals surface area contributed by atoms with Crippen molar-refractivity contribution in [2.75, 3.05) is 24.5 Å². The monoisotopic (exact) mass is 330 g/mol. The topological polar surface area (TPSA) is 40.6 Å². The van der Waals surface area contributed by atoms with E-state index in [0.717, 1.165) is 38.6 Å². The van der Waals surface area contributed by atoms with Gasteiger partial charge in [0, 0.05) is 43.1 Å². The van der Waals surface area contributed by atoms with Crippen LogP contribution in [0.5, 0.6) is 0 Å². The van der Waals surface area contributed by atoms with Gasteiger partial charge in [0.2, 0.25) is 11.8 Å².